The predicted octanol–water partition coefficient (Wildman–Crippen LogP) is 22.5. The molecule has 0 aliphatic heterocycles. The van der Waals surface area contributed by atoms with Gasteiger partial charge in [-0.05, 0) is 31.6 Å². The van der Waals surface area contributed by atoms with Crippen LogP contribution in [0.15, 0.2) is 0 Å². The molecule has 0 amide bonds. The monoisotopic (exact) mass is 1400 g/mol. The van der Waals surface area contributed by atoms with Crippen LogP contribution in [0.1, 0.15) is 401 Å². The molecule has 0 fully saturated rings. The summed E-state index contributed by atoms with van der Waals surface area (Å²) >= 11 is 0. The fourth-order valence-corrected chi connectivity index (χ4v) is 13.3. The van der Waals surface area contributed by atoms with Crippen LogP contribution < -0.4 is 0 Å². The molecular formula is C76H148O17P2. The van der Waals surface area contributed by atoms with Crippen LogP contribution in [0.5, 0.6) is 0 Å². The summed E-state index contributed by atoms with van der Waals surface area (Å²) < 4.78 is 68.5. The number of hydrogen-bond donors (Lipinski definition) is 3. The normalized spacial score (nSPS) is 14.2. The third-order valence-corrected chi connectivity index (χ3v) is 20.0. The van der Waals surface area contributed by atoms with Crippen LogP contribution in [0.2, 0.25) is 0 Å². The fourth-order valence-electron chi connectivity index (χ4n) is 11.7. The second kappa shape index (κ2) is 69.2. The first-order valence-corrected chi connectivity index (χ1v) is 42.7. The van der Waals surface area contributed by atoms with Crippen molar-refractivity contribution in [1.82, 2.24) is 0 Å². The summed E-state index contributed by atoms with van der Waals surface area (Å²) in [5, 5.41) is 10.6. The van der Waals surface area contributed by atoms with E-state index in [1.807, 2.05) is 0 Å². The third kappa shape index (κ3) is 69.0. The molecule has 0 aromatic heterocycles. The summed E-state index contributed by atoms with van der Waals surface area (Å²) in [6.07, 6.45) is 58.0. The fraction of sp³-hybridized carbons (Fsp3) is 0.947. The Bertz CT molecular complexity index is 1820. The SMILES string of the molecule is CCCCCCCCCCCCCCCCCCCCC(=O)O[C@H](COC(=O)CCCCCCCCCCCCC(C)CC)COP(=O)(O)OC[C@@H](O)COP(=O)(O)OC[C@@H](COC(=O)CCCCCCCCCCCCC)OC(=O)CCCCCCCCCCCCCC. The quantitative estimate of drug-likeness (QED) is 0.0222. The number of ether oxygens (including phenoxy) is 4. The van der Waals surface area contributed by atoms with Gasteiger partial charge >= 0.3 is 39.5 Å². The van der Waals surface area contributed by atoms with E-state index in [4.69, 9.17) is 37.0 Å². The summed E-state index contributed by atoms with van der Waals surface area (Å²) in [4.78, 5) is 72.8. The second-order valence-electron chi connectivity index (χ2n) is 27.6. The molecular weight excluding hydrogens is 1250 g/mol. The van der Waals surface area contributed by atoms with Crippen molar-refractivity contribution in [3.05, 3.63) is 0 Å². The summed E-state index contributed by atoms with van der Waals surface area (Å²) in [7, 11) is -9.91. The van der Waals surface area contributed by atoms with Crippen molar-refractivity contribution in [1.29, 1.82) is 0 Å². The van der Waals surface area contributed by atoms with Crippen LogP contribution in [-0.4, -0.2) is 96.7 Å². The highest BCUT2D eigenvalue weighted by molar-refractivity contribution is 7.47. The van der Waals surface area contributed by atoms with Gasteiger partial charge in [0.15, 0.2) is 12.2 Å². The predicted molar refractivity (Wildman–Crippen MR) is 386 cm³/mol. The molecule has 0 aliphatic carbocycles. The number of hydrogen-bond acceptors (Lipinski definition) is 15. The van der Waals surface area contributed by atoms with Gasteiger partial charge in [-0.1, -0.05) is 349 Å². The molecule has 0 rings (SSSR count). The second-order valence-corrected chi connectivity index (χ2v) is 30.5. The number of aliphatic hydroxyl groups is 1. The largest absolute Gasteiger partial charge is 0.472 e. The lowest BCUT2D eigenvalue weighted by Gasteiger charge is -2.21. The van der Waals surface area contributed by atoms with E-state index in [0.717, 1.165) is 95.8 Å². The topological polar surface area (TPSA) is 237 Å². The van der Waals surface area contributed by atoms with Crippen LogP contribution in [0.3, 0.4) is 0 Å². The Balaban J connectivity index is 5.24. The first-order chi connectivity index (χ1) is 46.1. The van der Waals surface area contributed by atoms with E-state index in [1.54, 1.807) is 0 Å². The zero-order valence-electron chi connectivity index (χ0n) is 61.8. The number of carbonyl (C=O) groups is 4. The Morgan fingerprint density at radius 1 is 0.295 bits per heavy atom. The van der Waals surface area contributed by atoms with Crippen LogP contribution in [0.4, 0.5) is 0 Å². The minimum absolute atomic E-state index is 0.108. The lowest BCUT2D eigenvalue weighted by atomic mass is 9.99. The zero-order valence-corrected chi connectivity index (χ0v) is 63.6. The number of esters is 4. The molecule has 95 heavy (non-hydrogen) atoms. The summed E-state index contributed by atoms with van der Waals surface area (Å²) in [6.45, 7) is 7.32. The summed E-state index contributed by atoms with van der Waals surface area (Å²) in [5.41, 5.74) is 0. The van der Waals surface area contributed by atoms with Crippen LogP contribution >= 0.6 is 15.6 Å². The standard InChI is InChI=1S/C76H148O17P2/c1-6-10-13-16-19-22-25-27-28-29-30-31-32-35-42-47-52-57-62-76(81)93-72(66-87-74(79)60-55-50-45-40-37-36-38-43-48-53-58-69(5)9-4)68-91-95(84,85)89-64-70(77)63-88-94(82,83)90-67-71(65-86-73(78)59-54-49-44-39-33-24-21-18-15-12-8-3)92-75(80)61-56-51-46-41-34-26-23-20-17-14-11-7-2/h69-72,77H,6-68H2,1-5H3,(H,82,83)(H,84,85)/t69?,70-,71+,72+/m0/s1. The van der Waals surface area contributed by atoms with Gasteiger partial charge in [0.2, 0.25) is 0 Å². The molecule has 0 bridgehead atoms. The van der Waals surface area contributed by atoms with Gasteiger partial charge in [0.1, 0.15) is 19.3 Å². The van der Waals surface area contributed by atoms with E-state index < -0.39 is 97.5 Å². The Morgan fingerprint density at radius 3 is 0.747 bits per heavy atom. The summed E-state index contributed by atoms with van der Waals surface area (Å²) in [5.74, 6) is -1.30. The molecule has 0 heterocycles. The molecule has 564 valence electrons. The van der Waals surface area contributed by atoms with E-state index in [0.29, 0.717) is 25.7 Å². The van der Waals surface area contributed by atoms with Crippen LogP contribution in [0, 0.1) is 5.92 Å². The number of phosphoric ester groups is 2. The Morgan fingerprint density at radius 2 is 0.505 bits per heavy atom. The van der Waals surface area contributed by atoms with Crippen molar-refractivity contribution in [3.8, 4) is 0 Å². The van der Waals surface area contributed by atoms with Crippen molar-refractivity contribution >= 4 is 39.5 Å². The van der Waals surface area contributed by atoms with Crippen molar-refractivity contribution in [2.24, 2.45) is 5.92 Å². The van der Waals surface area contributed by atoms with E-state index in [-0.39, 0.29) is 25.7 Å². The number of phosphoric acid groups is 2. The lowest BCUT2D eigenvalue weighted by molar-refractivity contribution is -0.161. The number of aliphatic hydroxyl groups excluding tert-OH is 1. The molecule has 6 atom stereocenters. The van der Waals surface area contributed by atoms with Gasteiger partial charge in [-0.25, -0.2) is 9.13 Å². The molecule has 17 nitrogen and oxygen atoms in total. The zero-order chi connectivity index (χ0) is 69.8. The lowest BCUT2D eigenvalue weighted by Crippen LogP contribution is -2.30. The van der Waals surface area contributed by atoms with Gasteiger partial charge in [-0.3, -0.25) is 37.3 Å². The first kappa shape index (κ1) is 93.1. The highest BCUT2D eigenvalue weighted by Gasteiger charge is 2.30. The maximum atomic E-state index is 13.1. The highest BCUT2D eigenvalue weighted by atomic mass is 31.2. The van der Waals surface area contributed by atoms with Gasteiger partial charge < -0.3 is 33.8 Å². The van der Waals surface area contributed by atoms with Gasteiger partial charge in [0.25, 0.3) is 0 Å². The average molecular weight is 1400 g/mol. The third-order valence-electron chi connectivity index (χ3n) is 18.1. The van der Waals surface area contributed by atoms with Crippen molar-refractivity contribution < 1.29 is 80.2 Å². The van der Waals surface area contributed by atoms with Crippen molar-refractivity contribution in [2.45, 2.75) is 419 Å². The van der Waals surface area contributed by atoms with Crippen molar-refractivity contribution in [3.63, 3.8) is 0 Å². The molecule has 3 unspecified atom stereocenters. The molecule has 0 saturated carbocycles. The van der Waals surface area contributed by atoms with Crippen LogP contribution in [-0.2, 0) is 65.4 Å². The van der Waals surface area contributed by atoms with Crippen LogP contribution in [0.25, 0.3) is 0 Å². The molecule has 0 aromatic carbocycles. The minimum atomic E-state index is -4.96. The summed E-state index contributed by atoms with van der Waals surface area (Å²) in [6, 6.07) is 0. The molecule has 0 aliphatic rings. The molecule has 0 spiro atoms. The molecule has 0 aromatic rings. The maximum absolute atomic E-state index is 13.1. The molecule has 0 radical (unpaired) electrons. The minimum Gasteiger partial charge on any atom is -0.462 e. The molecule has 0 saturated heterocycles. The number of unbranched alkanes of at least 4 members (excludes halogenated alkanes) is 47. The maximum Gasteiger partial charge on any atom is 0.472 e. The van der Waals surface area contributed by atoms with Gasteiger partial charge in [-0.15, -0.1) is 0 Å². The Hall–Kier alpha value is -1.94. The number of rotatable bonds is 76. The van der Waals surface area contributed by atoms with Gasteiger partial charge in [0.05, 0.1) is 26.4 Å². The highest BCUT2D eigenvalue weighted by Crippen LogP contribution is 2.45. The van der Waals surface area contributed by atoms with Crippen molar-refractivity contribution in [2.75, 3.05) is 39.6 Å². The Labute approximate surface area is 581 Å². The van der Waals surface area contributed by atoms with Gasteiger partial charge in [0, 0.05) is 25.7 Å². The average Bonchev–Trinajstić information content (AvgIpc) is 2.16. The molecule has 19 heteroatoms. The first-order valence-electron chi connectivity index (χ1n) is 39.7. The van der Waals surface area contributed by atoms with E-state index in [9.17, 15) is 43.2 Å². The van der Waals surface area contributed by atoms with E-state index >= 15 is 0 Å². The Kier molecular flexibility index (Phi) is 67.7. The molecule has 3 N–H and O–H groups in total. The van der Waals surface area contributed by atoms with E-state index in [1.165, 1.54) is 225 Å². The van der Waals surface area contributed by atoms with E-state index in [2.05, 4.69) is 34.6 Å². The number of carbonyl (C=O) groups excluding carboxylic acids is 4. The van der Waals surface area contributed by atoms with Gasteiger partial charge in [-0.2, -0.15) is 0 Å². The smallest absolute Gasteiger partial charge is 0.462 e.